The quantitative estimate of drug-likeness (QED) is 0.598. The first kappa shape index (κ1) is 21.4. The van der Waals surface area contributed by atoms with Crippen LogP contribution in [0, 0.1) is 6.92 Å². The summed E-state index contributed by atoms with van der Waals surface area (Å²) >= 11 is 6.31. The third kappa shape index (κ3) is 5.07. The van der Waals surface area contributed by atoms with Crippen molar-refractivity contribution in [1.82, 2.24) is 24.3 Å². The van der Waals surface area contributed by atoms with E-state index in [-0.39, 0.29) is 12.1 Å². The van der Waals surface area contributed by atoms with E-state index < -0.39 is 5.60 Å². The van der Waals surface area contributed by atoms with Crippen LogP contribution in [0.2, 0.25) is 5.15 Å². The van der Waals surface area contributed by atoms with E-state index >= 15 is 0 Å². The number of pyridine rings is 1. The van der Waals surface area contributed by atoms with Gasteiger partial charge in [-0.3, -0.25) is 4.40 Å². The zero-order chi connectivity index (χ0) is 22.2. The van der Waals surface area contributed by atoms with Gasteiger partial charge in [0.2, 0.25) is 0 Å². The minimum atomic E-state index is -0.515. The second kappa shape index (κ2) is 8.34. The van der Waals surface area contributed by atoms with Crippen molar-refractivity contribution in [3.05, 3.63) is 41.3 Å². The van der Waals surface area contributed by atoms with E-state index in [1.165, 1.54) is 0 Å². The summed E-state index contributed by atoms with van der Waals surface area (Å²) < 4.78 is 7.47. The number of hydrogen-bond acceptors (Lipinski definition) is 6. The molecule has 0 bridgehead atoms. The van der Waals surface area contributed by atoms with Crippen molar-refractivity contribution in [3.8, 4) is 11.5 Å². The van der Waals surface area contributed by atoms with Crippen LogP contribution in [0.5, 0.6) is 0 Å². The summed E-state index contributed by atoms with van der Waals surface area (Å²) in [5.74, 6) is 1.11. The average molecular weight is 443 g/mol. The molecule has 9 heteroatoms. The Hall–Kier alpha value is -2.87. The van der Waals surface area contributed by atoms with Gasteiger partial charge in [-0.05, 0) is 52.2 Å². The number of rotatable bonds is 3. The molecule has 8 nitrogen and oxygen atoms in total. The number of nitrogens with one attached hydrogen (secondary N) is 1. The minimum absolute atomic E-state index is 0.0458. The molecular weight excluding hydrogens is 416 g/mol. The largest absolute Gasteiger partial charge is 0.444 e. The normalized spacial score (nSPS) is 17.1. The average Bonchev–Trinajstić information content (AvgIpc) is 3.09. The number of likely N-dealkylation sites (tertiary alicyclic amines) is 1. The van der Waals surface area contributed by atoms with Gasteiger partial charge in [0.05, 0.1) is 6.20 Å². The fraction of sp³-hybridized carbons (Fsp3) is 0.455. The number of ether oxygens (including phenoxy) is 1. The van der Waals surface area contributed by atoms with Gasteiger partial charge in [-0.1, -0.05) is 17.7 Å². The molecule has 4 heterocycles. The summed E-state index contributed by atoms with van der Waals surface area (Å²) in [5, 5.41) is 3.76. The molecule has 0 aliphatic carbocycles. The molecule has 3 aromatic rings. The van der Waals surface area contributed by atoms with Gasteiger partial charge < -0.3 is 15.0 Å². The van der Waals surface area contributed by atoms with Gasteiger partial charge in [0.25, 0.3) is 0 Å². The molecule has 0 saturated carbocycles. The molecule has 0 spiro atoms. The Morgan fingerprint density at radius 1 is 1.29 bits per heavy atom. The number of carbonyl (C=O) groups excluding carboxylic acids is 1. The number of imidazole rings is 1. The second-order valence-corrected chi connectivity index (χ2v) is 9.27. The van der Waals surface area contributed by atoms with Crippen LogP contribution in [0.25, 0.3) is 17.2 Å². The van der Waals surface area contributed by atoms with Gasteiger partial charge in [0.15, 0.2) is 5.82 Å². The fourth-order valence-corrected chi connectivity index (χ4v) is 3.84. The van der Waals surface area contributed by atoms with Crippen LogP contribution in [-0.2, 0) is 4.74 Å². The van der Waals surface area contributed by atoms with E-state index in [1.54, 1.807) is 17.2 Å². The molecule has 3 aromatic heterocycles. The number of fused-ring (bicyclic) bond motifs is 1. The lowest BCUT2D eigenvalue weighted by atomic mass is 10.1. The van der Waals surface area contributed by atoms with Gasteiger partial charge in [-0.15, -0.1) is 0 Å². The summed E-state index contributed by atoms with van der Waals surface area (Å²) in [6.45, 7) is 8.86. The van der Waals surface area contributed by atoms with Crippen molar-refractivity contribution in [2.24, 2.45) is 0 Å². The van der Waals surface area contributed by atoms with Crippen molar-refractivity contribution in [2.45, 2.75) is 52.2 Å². The molecule has 164 valence electrons. The van der Waals surface area contributed by atoms with Gasteiger partial charge >= 0.3 is 6.09 Å². The molecule has 1 saturated heterocycles. The highest BCUT2D eigenvalue weighted by Gasteiger charge is 2.28. The molecule has 4 rings (SSSR count). The number of carbonyl (C=O) groups is 1. The lowest BCUT2D eigenvalue weighted by Crippen LogP contribution is -2.47. The van der Waals surface area contributed by atoms with Crippen molar-refractivity contribution >= 4 is 29.2 Å². The predicted molar refractivity (Wildman–Crippen MR) is 120 cm³/mol. The van der Waals surface area contributed by atoms with Gasteiger partial charge in [0.1, 0.15) is 27.9 Å². The summed E-state index contributed by atoms with van der Waals surface area (Å²) in [7, 11) is 0. The lowest BCUT2D eigenvalue weighted by Gasteiger charge is -2.34. The molecule has 1 aliphatic rings. The van der Waals surface area contributed by atoms with Gasteiger partial charge in [-0.25, -0.2) is 19.7 Å². The first-order valence-electron chi connectivity index (χ1n) is 10.4. The number of piperidine rings is 1. The number of hydrogen-bond donors (Lipinski definition) is 1. The third-order valence-corrected chi connectivity index (χ3v) is 5.20. The van der Waals surface area contributed by atoms with Crippen LogP contribution < -0.4 is 5.32 Å². The van der Waals surface area contributed by atoms with Crippen LogP contribution in [0.4, 0.5) is 10.6 Å². The zero-order valence-electron chi connectivity index (χ0n) is 18.2. The maximum atomic E-state index is 12.4. The van der Waals surface area contributed by atoms with Crippen molar-refractivity contribution in [1.29, 1.82) is 0 Å². The molecule has 1 fully saturated rings. The zero-order valence-corrected chi connectivity index (χ0v) is 19.0. The number of aromatic nitrogens is 4. The van der Waals surface area contributed by atoms with Crippen LogP contribution in [-0.4, -0.2) is 55.1 Å². The number of nitrogens with zero attached hydrogens (tertiary/aromatic N) is 5. The molecule has 1 atom stereocenters. The first-order chi connectivity index (χ1) is 14.7. The SMILES string of the molecule is Cc1ccc2ncc(-c3nc(Cl)cc(NC4CCCN(C(=O)OC(C)(C)C)C4)n3)n2c1. The fourth-order valence-electron chi connectivity index (χ4n) is 3.65. The van der Waals surface area contributed by atoms with Crippen LogP contribution in [0.3, 0.4) is 0 Å². The van der Waals surface area contributed by atoms with E-state index in [0.29, 0.717) is 29.9 Å². The number of amides is 1. The topological polar surface area (TPSA) is 84.7 Å². The van der Waals surface area contributed by atoms with E-state index in [2.05, 4.69) is 20.3 Å². The second-order valence-electron chi connectivity index (χ2n) is 8.89. The maximum absolute atomic E-state index is 12.4. The maximum Gasteiger partial charge on any atom is 0.410 e. The Morgan fingerprint density at radius 2 is 2.10 bits per heavy atom. The standard InChI is InChI=1S/C22H27ClN6O2/c1-14-7-8-19-24-11-16(29(19)12-14)20-26-17(23)10-18(27-20)25-15-6-5-9-28(13-15)21(30)31-22(2,3)4/h7-8,10-12,15H,5-6,9,13H2,1-4H3,(H,25,26,27). The monoisotopic (exact) mass is 442 g/mol. The van der Waals surface area contributed by atoms with Gasteiger partial charge in [-0.2, -0.15) is 0 Å². The predicted octanol–water partition coefficient (Wildman–Crippen LogP) is 4.56. The summed E-state index contributed by atoms with van der Waals surface area (Å²) in [4.78, 5) is 27.7. The highest BCUT2D eigenvalue weighted by molar-refractivity contribution is 6.29. The summed E-state index contributed by atoms with van der Waals surface area (Å²) in [5.41, 5.74) is 2.18. The summed E-state index contributed by atoms with van der Waals surface area (Å²) in [6.07, 6.45) is 5.26. The number of aryl methyl sites for hydroxylation is 1. The van der Waals surface area contributed by atoms with E-state index in [1.807, 2.05) is 50.4 Å². The number of halogens is 1. The van der Waals surface area contributed by atoms with Crippen molar-refractivity contribution in [2.75, 3.05) is 18.4 Å². The Morgan fingerprint density at radius 3 is 2.87 bits per heavy atom. The Bertz CT molecular complexity index is 1110. The molecular formula is C22H27ClN6O2. The van der Waals surface area contributed by atoms with Crippen molar-refractivity contribution < 1.29 is 9.53 Å². The third-order valence-electron chi connectivity index (χ3n) is 5.00. The lowest BCUT2D eigenvalue weighted by molar-refractivity contribution is 0.0206. The van der Waals surface area contributed by atoms with Crippen molar-refractivity contribution in [3.63, 3.8) is 0 Å². The van der Waals surface area contributed by atoms with E-state index in [9.17, 15) is 4.79 Å². The molecule has 1 aliphatic heterocycles. The Kier molecular flexibility index (Phi) is 5.75. The molecule has 31 heavy (non-hydrogen) atoms. The Labute approximate surface area is 186 Å². The Balaban J connectivity index is 1.53. The van der Waals surface area contributed by atoms with Gasteiger partial charge in [0, 0.05) is 31.4 Å². The molecule has 1 N–H and O–H groups in total. The highest BCUT2D eigenvalue weighted by Crippen LogP contribution is 2.24. The molecule has 1 unspecified atom stereocenters. The summed E-state index contributed by atoms with van der Waals surface area (Å²) in [6, 6.07) is 5.71. The number of anilines is 1. The smallest absolute Gasteiger partial charge is 0.410 e. The van der Waals surface area contributed by atoms with Crippen LogP contribution in [0.1, 0.15) is 39.2 Å². The van der Waals surface area contributed by atoms with Crippen LogP contribution >= 0.6 is 11.6 Å². The molecule has 1 amide bonds. The van der Waals surface area contributed by atoms with Crippen LogP contribution in [0.15, 0.2) is 30.6 Å². The molecule has 0 radical (unpaired) electrons. The minimum Gasteiger partial charge on any atom is -0.444 e. The molecule has 0 aromatic carbocycles. The van der Waals surface area contributed by atoms with E-state index in [0.717, 1.165) is 29.7 Å². The van der Waals surface area contributed by atoms with E-state index in [4.69, 9.17) is 16.3 Å². The highest BCUT2D eigenvalue weighted by atomic mass is 35.5. The first-order valence-corrected chi connectivity index (χ1v) is 10.8.